The molecule has 0 spiro atoms. The van der Waals surface area contributed by atoms with Gasteiger partial charge in [-0.3, -0.25) is 4.79 Å². The van der Waals surface area contributed by atoms with Crippen LogP contribution in [0, 0.1) is 11.8 Å². The molecule has 1 aromatic carbocycles. The molecule has 0 bridgehead atoms. The van der Waals surface area contributed by atoms with Crippen molar-refractivity contribution in [3.8, 4) is 0 Å². The van der Waals surface area contributed by atoms with Gasteiger partial charge in [-0.15, -0.1) is 0 Å². The molecule has 1 aromatic rings. The van der Waals surface area contributed by atoms with E-state index < -0.39 is 0 Å². The number of nitrogens with two attached hydrogens (primary N) is 1. The zero-order chi connectivity index (χ0) is 18.5. The summed E-state index contributed by atoms with van der Waals surface area (Å²) in [6.07, 6.45) is 3.69. The van der Waals surface area contributed by atoms with Crippen LogP contribution in [0.4, 0.5) is 10.5 Å². The van der Waals surface area contributed by atoms with Crippen LogP contribution in [0.15, 0.2) is 30.3 Å². The Morgan fingerprint density at radius 3 is 2.42 bits per heavy atom. The van der Waals surface area contributed by atoms with Gasteiger partial charge in [0.1, 0.15) is 0 Å². The standard InChI is InChI=1S/C20H30N4O2/c1-15(21)16-9-12-23(13-10-16)19(25)17-6-5-11-24(14-17)20(26)22-18-7-3-2-4-8-18/h2-4,7-8,15-17H,5-6,9-14,21H2,1H3,(H,22,26). The Labute approximate surface area is 155 Å². The molecule has 2 aliphatic heterocycles. The molecule has 2 fully saturated rings. The number of carbonyl (C=O) groups is 2. The van der Waals surface area contributed by atoms with Crippen molar-refractivity contribution in [3.05, 3.63) is 30.3 Å². The molecule has 2 atom stereocenters. The maximum absolute atomic E-state index is 12.9. The first kappa shape index (κ1) is 18.7. The van der Waals surface area contributed by atoms with Crippen LogP contribution in [0.3, 0.4) is 0 Å². The molecule has 26 heavy (non-hydrogen) atoms. The molecule has 3 N–H and O–H groups in total. The Morgan fingerprint density at radius 1 is 1.08 bits per heavy atom. The van der Waals surface area contributed by atoms with Crippen LogP contribution >= 0.6 is 0 Å². The minimum Gasteiger partial charge on any atom is -0.342 e. The molecule has 0 aliphatic carbocycles. The van der Waals surface area contributed by atoms with Gasteiger partial charge in [0.25, 0.3) is 0 Å². The van der Waals surface area contributed by atoms with Crippen molar-refractivity contribution in [1.82, 2.24) is 9.80 Å². The van der Waals surface area contributed by atoms with E-state index in [2.05, 4.69) is 5.32 Å². The van der Waals surface area contributed by atoms with E-state index in [9.17, 15) is 9.59 Å². The largest absolute Gasteiger partial charge is 0.342 e. The highest BCUT2D eigenvalue weighted by Gasteiger charge is 2.33. The molecule has 0 aromatic heterocycles. The summed E-state index contributed by atoms with van der Waals surface area (Å²) in [4.78, 5) is 29.1. The summed E-state index contributed by atoms with van der Waals surface area (Å²) < 4.78 is 0. The number of piperidine rings is 2. The highest BCUT2D eigenvalue weighted by atomic mass is 16.2. The summed E-state index contributed by atoms with van der Waals surface area (Å²) in [6.45, 7) is 4.84. The monoisotopic (exact) mass is 358 g/mol. The highest BCUT2D eigenvalue weighted by Crippen LogP contribution is 2.24. The lowest BCUT2D eigenvalue weighted by molar-refractivity contribution is -0.138. The lowest BCUT2D eigenvalue weighted by Gasteiger charge is -2.38. The first-order chi connectivity index (χ1) is 12.5. The first-order valence-corrected chi connectivity index (χ1v) is 9.70. The summed E-state index contributed by atoms with van der Waals surface area (Å²) in [6, 6.07) is 9.51. The number of rotatable bonds is 3. The number of hydrogen-bond acceptors (Lipinski definition) is 3. The van der Waals surface area contributed by atoms with Crippen LogP contribution in [-0.2, 0) is 4.79 Å². The van der Waals surface area contributed by atoms with Crippen LogP contribution in [0.2, 0.25) is 0 Å². The van der Waals surface area contributed by atoms with Crippen molar-refractivity contribution in [2.45, 2.75) is 38.6 Å². The average molecular weight is 358 g/mol. The number of benzene rings is 1. The second-order valence-electron chi connectivity index (χ2n) is 7.60. The maximum atomic E-state index is 12.9. The quantitative estimate of drug-likeness (QED) is 0.871. The van der Waals surface area contributed by atoms with Gasteiger partial charge in [0, 0.05) is 37.9 Å². The molecule has 3 amide bonds. The highest BCUT2D eigenvalue weighted by molar-refractivity contribution is 5.90. The molecule has 6 nitrogen and oxygen atoms in total. The number of amides is 3. The Kier molecular flexibility index (Phi) is 6.14. The number of nitrogens with zero attached hydrogens (tertiary/aromatic N) is 2. The van der Waals surface area contributed by atoms with Crippen molar-refractivity contribution < 1.29 is 9.59 Å². The van der Waals surface area contributed by atoms with E-state index in [1.54, 1.807) is 4.90 Å². The van der Waals surface area contributed by atoms with E-state index >= 15 is 0 Å². The third kappa shape index (κ3) is 4.55. The van der Waals surface area contributed by atoms with Gasteiger partial charge in [-0.1, -0.05) is 18.2 Å². The van der Waals surface area contributed by atoms with Gasteiger partial charge in [-0.2, -0.15) is 0 Å². The van der Waals surface area contributed by atoms with Gasteiger partial charge in [-0.05, 0) is 50.7 Å². The number of urea groups is 1. The zero-order valence-corrected chi connectivity index (χ0v) is 15.6. The van der Waals surface area contributed by atoms with Crippen LogP contribution in [0.25, 0.3) is 0 Å². The number of carbonyl (C=O) groups excluding carboxylic acids is 2. The molecular formula is C20H30N4O2. The van der Waals surface area contributed by atoms with E-state index in [1.165, 1.54) is 0 Å². The SMILES string of the molecule is CC(N)C1CCN(C(=O)C2CCCN(C(=O)Nc3ccccc3)C2)CC1. The van der Waals surface area contributed by atoms with Crippen LogP contribution in [0.1, 0.15) is 32.6 Å². The third-order valence-corrected chi connectivity index (χ3v) is 5.68. The fraction of sp³-hybridized carbons (Fsp3) is 0.600. The minimum atomic E-state index is -0.121. The van der Waals surface area contributed by atoms with E-state index in [1.807, 2.05) is 42.2 Å². The number of anilines is 1. The normalized spacial score (nSPS) is 22.8. The van der Waals surface area contributed by atoms with Crippen molar-refractivity contribution in [2.24, 2.45) is 17.6 Å². The molecule has 2 aliphatic rings. The summed E-state index contributed by atoms with van der Waals surface area (Å²) in [7, 11) is 0. The molecule has 142 valence electrons. The molecular weight excluding hydrogens is 328 g/mol. The lowest BCUT2D eigenvalue weighted by Crippen LogP contribution is -2.50. The summed E-state index contributed by atoms with van der Waals surface area (Å²) >= 11 is 0. The van der Waals surface area contributed by atoms with Crippen molar-refractivity contribution in [1.29, 1.82) is 0 Å². The molecule has 0 radical (unpaired) electrons. The second kappa shape index (κ2) is 8.54. The fourth-order valence-electron chi connectivity index (χ4n) is 3.99. The van der Waals surface area contributed by atoms with Gasteiger partial charge in [0.15, 0.2) is 0 Å². The summed E-state index contributed by atoms with van der Waals surface area (Å²) in [5.74, 6) is 0.626. The maximum Gasteiger partial charge on any atom is 0.321 e. The van der Waals surface area contributed by atoms with Crippen molar-refractivity contribution in [2.75, 3.05) is 31.5 Å². The van der Waals surface area contributed by atoms with E-state index in [0.29, 0.717) is 19.0 Å². The van der Waals surface area contributed by atoms with Gasteiger partial charge in [0.2, 0.25) is 5.91 Å². The average Bonchev–Trinajstić information content (AvgIpc) is 2.68. The Balaban J connectivity index is 1.53. The Morgan fingerprint density at radius 2 is 1.77 bits per heavy atom. The number of likely N-dealkylation sites (tertiary alicyclic amines) is 2. The van der Waals surface area contributed by atoms with Gasteiger partial charge < -0.3 is 20.9 Å². The predicted molar refractivity (Wildman–Crippen MR) is 103 cm³/mol. The van der Waals surface area contributed by atoms with Gasteiger partial charge >= 0.3 is 6.03 Å². The van der Waals surface area contributed by atoms with E-state index in [0.717, 1.165) is 44.5 Å². The van der Waals surface area contributed by atoms with Gasteiger partial charge in [0.05, 0.1) is 5.92 Å². The predicted octanol–water partition coefficient (Wildman–Crippen LogP) is 2.52. The summed E-state index contributed by atoms with van der Waals surface area (Å²) in [5, 5.41) is 2.92. The second-order valence-corrected chi connectivity index (χ2v) is 7.60. The zero-order valence-electron chi connectivity index (χ0n) is 15.6. The molecule has 2 unspecified atom stereocenters. The topological polar surface area (TPSA) is 78.7 Å². The van der Waals surface area contributed by atoms with E-state index in [-0.39, 0.29) is 23.9 Å². The smallest absolute Gasteiger partial charge is 0.321 e. The summed E-state index contributed by atoms with van der Waals surface area (Å²) in [5.41, 5.74) is 6.77. The Hall–Kier alpha value is -2.08. The number of nitrogens with one attached hydrogen (secondary N) is 1. The Bertz CT molecular complexity index is 611. The van der Waals surface area contributed by atoms with Crippen LogP contribution < -0.4 is 11.1 Å². The molecule has 3 rings (SSSR count). The van der Waals surface area contributed by atoms with Gasteiger partial charge in [-0.25, -0.2) is 4.79 Å². The fourth-order valence-corrected chi connectivity index (χ4v) is 3.99. The van der Waals surface area contributed by atoms with Crippen LogP contribution in [0.5, 0.6) is 0 Å². The minimum absolute atomic E-state index is 0.0860. The molecule has 2 heterocycles. The van der Waals surface area contributed by atoms with Crippen LogP contribution in [-0.4, -0.2) is 54.0 Å². The van der Waals surface area contributed by atoms with Crippen molar-refractivity contribution in [3.63, 3.8) is 0 Å². The lowest BCUT2D eigenvalue weighted by atomic mass is 9.89. The number of para-hydroxylation sites is 1. The van der Waals surface area contributed by atoms with Crippen molar-refractivity contribution >= 4 is 17.6 Å². The van der Waals surface area contributed by atoms with E-state index in [4.69, 9.17) is 5.73 Å². The first-order valence-electron chi connectivity index (χ1n) is 9.70. The molecule has 0 saturated carbocycles. The molecule has 6 heteroatoms. The number of hydrogen-bond donors (Lipinski definition) is 2. The molecule has 2 saturated heterocycles. The third-order valence-electron chi connectivity index (χ3n) is 5.68.